The van der Waals surface area contributed by atoms with Crippen molar-refractivity contribution in [3.05, 3.63) is 47.7 Å². The lowest BCUT2D eigenvalue weighted by atomic mass is 10.1. The average Bonchev–Trinajstić information content (AvgIpc) is 2.83. The van der Waals surface area contributed by atoms with Gasteiger partial charge in [0.05, 0.1) is 6.54 Å². The average molecular weight is 173 g/mol. The van der Waals surface area contributed by atoms with Crippen LogP contribution in [-0.2, 0) is 13.0 Å². The van der Waals surface area contributed by atoms with Crippen LogP contribution in [0, 0.1) is 0 Å². The largest absolute Gasteiger partial charge is 0.364 e. The molecule has 1 aliphatic heterocycles. The van der Waals surface area contributed by atoms with Crippen LogP contribution < -0.4 is 0 Å². The molecule has 1 saturated heterocycles. The van der Waals surface area contributed by atoms with Gasteiger partial charge in [-0.25, -0.2) is 0 Å². The van der Waals surface area contributed by atoms with Gasteiger partial charge in [-0.1, -0.05) is 37.8 Å². The van der Waals surface area contributed by atoms with Crippen molar-refractivity contribution in [1.82, 2.24) is 4.90 Å². The van der Waals surface area contributed by atoms with E-state index < -0.39 is 0 Å². The molecule has 1 aromatic carbocycles. The van der Waals surface area contributed by atoms with E-state index in [0.29, 0.717) is 0 Å². The summed E-state index contributed by atoms with van der Waals surface area (Å²) in [5.74, 6) is 0. The lowest BCUT2D eigenvalue weighted by molar-refractivity contribution is 0.581. The first kappa shape index (κ1) is 8.36. The van der Waals surface area contributed by atoms with Crippen LogP contribution >= 0.6 is 0 Å². The van der Waals surface area contributed by atoms with Crippen molar-refractivity contribution < 1.29 is 0 Å². The molecular formula is C12H15N. The fourth-order valence-electron chi connectivity index (χ4n) is 1.45. The highest BCUT2D eigenvalue weighted by Crippen LogP contribution is 2.22. The van der Waals surface area contributed by atoms with Crippen molar-refractivity contribution in [1.29, 1.82) is 0 Å². The normalized spacial score (nSPS) is 14.8. The van der Waals surface area contributed by atoms with Gasteiger partial charge in [0.15, 0.2) is 0 Å². The standard InChI is InChI=1S/C12H15N/c1-3-11-4-6-12(7-5-11)9-13-8-10(13)2/h4-7H,2-3,8-9H2,1H3. The number of rotatable bonds is 3. The summed E-state index contributed by atoms with van der Waals surface area (Å²) in [6.45, 7) is 8.20. The Balaban J connectivity index is 2.01. The quantitative estimate of drug-likeness (QED) is 0.635. The molecule has 0 N–H and O–H groups in total. The van der Waals surface area contributed by atoms with E-state index in [9.17, 15) is 0 Å². The minimum Gasteiger partial charge on any atom is -0.364 e. The maximum Gasteiger partial charge on any atom is 0.0574 e. The third-order valence-electron chi connectivity index (χ3n) is 2.52. The molecule has 68 valence electrons. The van der Waals surface area contributed by atoms with E-state index in [1.165, 1.54) is 16.8 Å². The van der Waals surface area contributed by atoms with Gasteiger partial charge in [0.1, 0.15) is 0 Å². The molecule has 0 unspecified atom stereocenters. The van der Waals surface area contributed by atoms with Crippen molar-refractivity contribution in [3.63, 3.8) is 0 Å². The minimum absolute atomic E-state index is 1.03. The van der Waals surface area contributed by atoms with E-state index in [1.54, 1.807) is 0 Å². The summed E-state index contributed by atoms with van der Waals surface area (Å²) in [4.78, 5) is 2.28. The van der Waals surface area contributed by atoms with Gasteiger partial charge >= 0.3 is 0 Å². The van der Waals surface area contributed by atoms with E-state index in [0.717, 1.165) is 19.5 Å². The molecule has 1 aromatic rings. The summed E-state index contributed by atoms with van der Waals surface area (Å²) < 4.78 is 0. The Kier molecular flexibility index (Phi) is 2.09. The molecule has 0 aliphatic carbocycles. The van der Waals surface area contributed by atoms with Gasteiger partial charge in [-0.05, 0) is 17.5 Å². The molecule has 0 bridgehead atoms. The zero-order valence-electron chi connectivity index (χ0n) is 8.09. The van der Waals surface area contributed by atoms with Gasteiger partial charge in [-0.2, -0.15) is 0 Å². The molecule has 0 aromatic heterocycles. The molecule has 0 atom stereocenters. The minimum atomic E-state index is 1.03. The fraction of sp³-hybridized carbons (Fsp3) is 0.333. The van der Waals surface area contributed by atoms with E-state index in [2.05, 4.69) is 42.7 Å². The van der Waals surface area contributed by atoms with Crippen LogP contribution in [0.5, 0.6) is 0 Å². The van der Waals surface area contributed by atoms with Crippen molar-refractivity contribution in [2.24, 2.45) is 0 Å². The maximum atomic E-state index is 3.90. The second-order valence-corrected chi connectivity index (χ2v) is 3.59. The number of hydrogen-bond donors (Lipinski definition) is 0. The molecule has 1 heteroatoms. The lowest BCUT2D eigenvalue weighted by Crippen LogP contribution is -1.95. The Hall–Kier alpha value is -1.24. The van der Waals surface area contributed by atoms with Gasteiger partial charge in [0.25, 0.3) is 0 Å². The second-order valence-electron chi connectivity index (χ2n) is 3.59. The summed E-state index contributed by atoms with van der Waals surface area (Å²) >= 11 is 0. The summed E-state index contributed by atoms with van der Waals surface area (Å²) in [7, 11) is 0. The van der Waals surface area contributed by atoms with Gasteiger partial charge in [0.2, 0.25) is 0 Å². The van der Waals surface area contributed by atoms with Gasteiger partial charge < -0.3 is 4.90 Å². The summed E-state index contributed by atoms with van der Waals surface area (Å²) in [6, 6.07) is 8.85. The first-order valence-corrected chi connectivity index (χ1v) is 4.80. The lowest BCUT2D eigenvalue weighted by Gasteiger charge is -2.03. The fourth-order valence-corrected chi connectivity index (χ4v) is 1.45. The van der Waals surface area contributed by atoms with Crippen LogP contribution in [0.1, 0.15) is 18.1 Å². The molecule has 1 nitrogen and oxygen atoms in total. The Morgan fingerprint density at radius 1 is 1.23 bits per heavy atom. The number of nitrogens with zero attached hydrogens (tertiary/aromatic N) is 1. The Morgan fingerprint density at radius 2 is 1.77 bits per heavy atom. The van der Waals surface area contributed by atoms with Crippen molar-refractivity contribution in [2.45, 2.75) is 19.9 Å². The van der Waals surface area contributed by atoms with Crippen LogP contribution in [0.25, 0.3) is 0 Å². The summed E-state index contributed by atoms with van der Waals surface area (Å²) in [6.07, 6.45) is 1.12. The summed E-state index contributed by atoms with van der Waals surface area (Å²) in [5.41, 5.74) is 4.06. The van der Waals surface area contributed by atoms with E-state index >= 15 is 0 Å². The predicted molar refractivity (Wildman–Crippen MR) is 55.4 cm³/mol. The first-order valence-electron chi connectivity index (χ1n) is 4.80. The van der Waals surface area contributed by atoms with E-state index in [4.69, 9.17) is 0 Å². The monoisotopic (exact) mass is 173 g/mol. The molecule has 1 aliphatic rings. The first-order chi connectivity index (χ1) is 6.29. The highest BCUT2D eigenvalue weighted by atomic mass is 15.3. The number of aryl methyl sites for hydroxylation is 1. The zero-order chi connectivity index (χ0) is 9.26. The van der Waals surface area contributed by atoms with Crippen molar-refractivity contribution >= 4 is 0 Å². The molecule has 2 rings (SSSR count). The topological polar surface area (TPSA) is 3.01 Å². The molecule has 13 heavy (non-hydrogen) atoms. The van der Waals surface area contributed by atoms with Crippen LogP contribution in [0.2, 0.25) is 0 Å². The van der Waals surface area contributed by atoms with Crippen molar-refractivity contribution in [3.8, 4) is 0 Å². The number of benzene rings is 1. The van der Waals surface area contributed by atoms with E-state index in [1.807, 2.05) is 0 Å². The Morgan fingerprint density at radius 3 is 2.23 bits per heavy atom. The second kappa shape index (κ2) is 3.25. The SMILES string of the molecule is C=C1CN1Cc1ccc(CC)cc1. The van der Waals surface area contributed by atoms with Crippen molar-refractivity contribution in [2.75, 3.05) is 6.54 Å². The Bertz CT molecular complexity index is 310. The van der Waals surface area contributed by atoms with Crippen LogP contribution in [-0.4, -0.2) is 11.4 Å². The molecule has 1 heterocycles. The highest BCUT2D eigenvalue weighted by molar-refractivity contribution is 5.25. The molecule has 0 amide bonds. The van der Waals surface area contributed by atoms with E-state index in [-0.39, 0.29) is 0 Å². The van der Waals surface area contributed by atoms with Crippen LogP contribution in [0.15, 0.2) is 36.5 Å². The molecule has 1 fully saturated rings. The summed E-state index contributed by atoms with van der Waals surface area (Å²) in [5, 5.41) is 0. The van der Waals surface area contributed by atoms with Gasteiger partial charge in [0, 0.05) is 12.2 Å². The molecular weight excluding hydrogens is 158 g/mol. The van der Waals surface area contributed by atoms with Crippen LogP contribution in [0.4, 0.5) is 0 Å². The predicted octanol–water partition coefficient (Wildman–Crippen LogP) is 2.58. The Labute approximate surface area is 79.7 Å². The third-order valence-corrected chi connectivity index (χ3v) is 2.52. The van der Waals surface area contributed by atoms with Gasteiger partial charge in [-0.3, -0.25) is 0 Å². The molecule has 0 radical (unpaired) electrons. The zero-order valence-corrected chi connectivity index (χ0v) is 8.09. The third kappa shape index (κ3) is 1.92. The van der Waals surface area contributed by atoms with Crippen LogP contribution in [0.3, 0.4) is 0 Å². The van der Waals surface area contributed by atoms with Gasteiger partial charge in [-0.15, -0.1) is 0 Å². The number of hydrogen-bond acceptors (Lipinski definition) is 1. The molecule has 0 saturated carbocycles. The smallest absolute Gasteiger partial charge is 0.0574 e. The highest BCUT2D eigenvalue weighted by Gasteiger charge is 2.21. The maximum absolute atomic E-state index is 3.90. The molecule has 0 spiro atoms.